The Morgan fingerprint density at radius 2 is 1.75 bits per heavy atom. The van der Waals surface area contributed by atoms with Crippen LogP contribution in [0.15, 0.2) is 77.4 Å². The smallest absolute Gasteiger partial charge is 0.234 e. The second kappa shape index (κ2) is 10.2. The van der Waals surface area contributed by atoms with Crippen molar-refractivity contribution >= 4 is 5.91 Å². The van der Waals surface area contributed by atoms with Gasteiger partial charge in [-0.15, -0.1) is 0 Å². The maximum Gasteiger partial charge on any atom is 0.234 e. The number of hydrogen-bond acceptors (Lipinski definition) is 5. The summed E-state index contributed by atoms with van der Waals surface area (Å²) >= 11 is 0. The van der Waals surface area contributed by atoms with Crippen molar-refractivity contribution in [3.05, 3.63) is 84.3 Å². The van der Waals surface area contributed by atoms with Crippen LogP contribution in [-0.4, -0.2) is 32.7 Å². The lowest BCUT2D eigenvalue weighted by atomic mass is 10.0. The minimum Gasteiger partial charge on any atom is -0.493 e. The Morgan fingerprint density at radius 3 is 2.46 bits per heavy atom. The molecular weight excluding hydrogens is 356 g/mol. The van der Waals surface area contributed by atoms with Gasteiger partial charge in [-0.05, 0) is 29.8 Å². The molecule has 0 radical (unpaired) electrons. The molecule has 3 aromatic rings. The van der Waals surface area contributed by atoms with Gasteiger partial charge in [0.25, 0.3) is 0 Å². The van der Waals surface area contributed by atoms with Gasteiger partial charge in [0.15, 0.2) is 11.5 Å². The molecule has 6 nitrogen and oxygen atoms in total. The average molecular weight is 380 g/mol. The number of para-hydroxylation sites is 2. The van der Waals surface area contributed by atoms with E-state index in [4.69, 9.17) is 13.9 Å². The van der Waals surface area contributed by atoms with Crippen LogP contribution in [0.3, 0.4) is 0 Å². The Labute approximate surface area is 164 Å². The molecule has 1 amide bonds. The molecule has 0 aliphatic rings. The topological polar surface area (TPSA) is 72.7 Å². The Morgan fingerprint density at radius 1 is 1.00 bits per heavy atom. The fraction of sp³-hybridized carbons (Fsp3) is 0.227. The second-order valence-electron chi connectivity index (χ2n) is 6.09. The van der Waals surface area contributed by atoms with Gasteiger partial charge in [-0.25, -0.2) is 0 Å². The van der Waals surface area contributed by atoms with Gasteiger partial charge in [0.1, 0.15) is 12.4 Å². The molecule has 0 bridgehead atoms. The lowest BCUT2D eigenvalue weighted by Gasteiger charge is -2.17. The van der Waals surface area contributed by atoms with Crippen LogP contribution in [0.2, 0.25) is 0 Å². The maximum absolute atomic E-state index is 12.2. The highest BCUT2D eigenvalue weighted by atomic mass is 16.5. The van der Waals surface area contributed by atoms with E-state index in [-0.39, 0.29) is 18.5 Å². The fourth-order valence-electron chi connectivity index (χ4n) is 2.83. The van der Waals surface area contributed by atoms with E-state index >= 15 is 0 Å². The summed E-state index contributed by atoms with van der Waals surface area (Å²) in [6, 6.07) is 20.8. The average Bonchev–Trinajstić information content (AvgIpc) is 3.27. The summed E-state index contributed by atoms with van der Waals surface area (Å²) in [7, 11) is 1.60. The van der Waals surface area contributed by atoms with Gasteiger partial charge in [-0.2, -0.15) is 0 Å². The maximum atomic E-state index is 12.2. The molecule has 146 valence electrons. The molecule has 0 aliphatic heterocycles. The molecule has 2 aromatic carbocycles. The van der Waals surface area contributed by atoms with E-state index < -0.39 is 0 Å². The summed E-state index contributed by atoms with van der Waals surface area (Å²) < 4.78 is 16.4. The molecule has 0 saturated carbocycles. The van der Waals surface area contributed by atoms with Gasteiger partial charge in [0.2, 0.25) is 5.91 Å². The summed E-state index contributed by atoms with van der Waals surface area (Å²) in [4.78, 5) is 12.2. The molecule has 0 unspecified atom stereocenters. The highest BCUT2D eigenvalue weighted by Gasteiger charge is 2.17. The van der Waals surface area contributed by atoms with Gasteiger partial charge in [0, 0.05) is 0 Å². The number of ether oxygens (including phenoxy) is 2. The van der Waals surface area contributed by atoms with Crippen LogP contribution >= 0.6 is 0 Å². The largest absolute Gasteiger partial charge is 0.493 e. The van der Waals surface area contributed by atoms with Crippen molar-refractivity contribution in [1.82, 2.24) is 10.6 Å². The second-order valence-corrected chi connectivity index (χ2v) is 6.09. The third kappa shape index (κ3) is 5.37. The SMILES string of the molecule is COc1ccccc1OCCNC(=O)CN[C@H](c1ccccc1)c1ccco1. The van der Waals surface area contributed by atoms with Crippen molar-refractivity contribution in [3.8, 4) is 11.5 Å². The molecule has 1 heterocycles. The van der Waals surface area contributed by atoms with Crippen LogP contribution in [0.25, 0.3) is 0 Å². The van der Waals surface area contributed by atoms with Gasteiger partial charge in [0.05, 0.1) is 32.5 Å². The molecule has 0 spiro atoms. The number of hydrogen-bond donors (Lipinski definition) is 2. The molecule has 0 aliphatic carbocycles. The summed E-state index contributed by atoms with van der Waals surface area (Å²) in [5.74, 6) is 1.97. The van der Waals surface area contributed by atoms with Crippen molar-refractivity contribution in [2.24, 2.45) is 0 Å². The van der Waals surface area contributed by atoms with Crippen LogP contribution in [0, 0.1) is 0 Å². The Balaban J connectivity index is 1.46. The number of amides is 1. The standard InChI is InChI=1S/C22H24N2O4/c1-26-18-10-5-6-11-19(18)28-15-13-23-21(25)16-24-22(20-12-7-14-27-20)17-8-3-2-4-9-17/h2-12,14,22,24H,13,15-16H2,1H3,(H,23,25)/t22-/m1/s1. The van der Waals surface area contributed by atoms with Crippen LogP contribution in [-0.2, 0) is 4.79 Å². The van der Waals surface area contributed by atoms with Gasteiger partial charge in [-0.3, -0.25) is 10.1 Å². The van der Waals surface area contributed by atoms with E-state index in [0.717, 1.165) is 11.3 Å². The molecule has 0 saturated heterocycles. The predicted molar refractivity (Wildman–Crippen MR) is 106 cm³/mol. The number of nitrogens with one attached hydrogen (secondary N) is 2. The van der Waals surface area contributed by atoms with Crippen molar-refractivity contribution in [2.75, 3.05) is 26.8 Å². The Kier molecular flexibility index (Phi) is 7.09. The molecule has 3 rings (SSSR count). The van der Waals surface area contributed by atoms with Crippen LogP contribution in [0.5, 0.6) is 11.5 Å². The molecule has 2 N–H and O–H groups in total. The number of rotatable bonds is 10. The minimum atomic E-state index is -0.188. The molecule has 1 atom stereocenters. The summed E-state index contributed by atoms with van der Waals surface area (Å²) in [6.07, 6.45) is 1.63. The normalized spacial score (nSPS) is 11.6. The van der Waals surface area contributed by atoms with Crippen molar-refractivity contribution in [2.45, 2.75) is 6.04 Å². The van der Waals surface area contributed by atoms with Gasteiger partial charge in [-0.1, -0.05) is 42.5 Å². The van der Waals surface area contributed by atoms with Crippen LogP contribution < -0.4 is 20.1 Å². The lowest BCUT2D eigenvalue weighted by Crippen LogP contribution is -2.37. The van der Waals surface area contributed by atoms with Crippen molar-refractivity contribution < 1.29 is 18.7 Å². The quantitative estimate of drug-likeness (QED) is 0.529. The summed E-state index contributed by atoms with van der Waals surface area (Å²) in [5.41, 5.74) is 1.03. The lowest BCUT2D eigenvalue weighted by molar-refractivity contribution is -0.120. The zero-order chi connectivity index (χ0) is 19.6. The molecule has 6 heteroatoms. The number of methoxy groups -OCH3 is 1. The van der Waals surface area contributed by atoms with Gasteiger partial charge >= 0.3 is 0 Å². The number of carbonyl (C=O) groups excluding carboxylic acids is 1. The molecular formula is C22H24N2O4. The van der Waals surface area contributed by atoms with Crippen molar-refractivity contribution in [1.29, 1.82) is 0 Å². The van der Waals surface area contributed by atoms with E-state index in [1.807, 2.05) is 66.7 Å². The third-order valence-corrected chi connectivity index (χ3v) is 4.18. The number of furan rings is 1. The van der Waals surface area contributed by atoms with Crippen LogP contribution in [0.4, 0.5) is 0 Å². The monoisotopic (exact) mass is 380 g/mol. The zero-order valence-corrected chi connectivity index (χ0v) is 15.8. The predicted octanol–water partition coefficient (Wildman–Crippen LogP) is 3.16. The Hall–Kier alpha value is -3.25. The summed E-state index contributed by atoms with van der Waals surface area (Å²) in [6.45, 7) is 0.913. The molecule has 0 fully saturated rings. The number of benzene rings is 2. The molecule has 28 heavy (non-hydrogen) atoms. The first-order valence-corrected chi connectivity index (χ1v) is 9.12. The van der Waals surface area contributed by atoms with E-state index in [1.54, 1.807) is 13.4 Å². The van der Waals surface area contributed by atoms with E-state index in [0.29, 0.717) is 24.7 Å². The highest BCUT2D eigenvalue weighted by molar-refractivity contribution is 5.78. The summed E-state index contributed by atoms with van der Waals surface area (Å²) in [5, 5.41) is 6.09. The first kappa shape index (κ1) is 19.5. The van der Waals surface area contributed by atoms with Gasteiger partial charge < -0.3 is 19.2 Å². The van der Waals surface area contributed by atoms with E-state index in [2.05, 4.69) is 10.6 Å². The first-order chi connectivity index (χ1) is 13.8. The van der Waals surface area contributed by atoms with Crippen LogP contribution in [0.1, 0.15) is 17.4 Å². The first-order valence-electron chi connectivity index (χ1n) is 9.12. The fourth-order valence-corrected chi connectivity index (χ4v) is 2.83. The highest BCUT2D eigenvalue weighted by Crippen LogP contribution is 2.25. The Bertz CT molecular complexity index is 850. The number of carbonyl (C=O) groups is 1. The third-order valence-electron chi connectivity index (χ3n) is 4.18. The molecule has 1 aromatic heterocycles. The van der Waals surface area contributed by atoms with Crippen molar-refractivity contribution in [3.63, 3.8) is 0 Å². The minimum absolute atomic E-state index is 0.115. The van der Waals surface area contributed by atoms with E-state index in [1.165, 1.54) is 0 Å². The zero-order valence-electron chi connectivity index (χ0n) is 15.8. The van der Waals surface area contributed by atoms with E-state index in [9.17, 15) is 4.79 Å².